The Morgan fingerprint density at radius 3 is 3.13 bits per heavy atom. The third-order valence-electron chi connectivity index (χ3n) is 1.89. The number of aryl methyl sites for hydroxylation is 1. The molecular formula is C10H13N5. The van der Waals surface area contributed by atoms with Gasteiger partial charge in [0.1, 0.15) is 5.82 Å². The summed E-state index contributed by atoms with van der Waals surface area (Å²) in [5.74, 6) is 0.510. The summed E-state index contributed by atoms with van der Waals surface area (Å²) in [6, 6.07) is 3.70. The molecule has 5 nitrogen and oxygen atoms in total. The number of nitrogen functional groups attached to an aromatic ring is 1. The van der Waals surface area contributed by atoms with Crippen molar-refractivity contribution < 1.29 is 0 Å². The summed E-state index contributed by atoms with van der Waals surface area (Å²) in [5, 5.41) is 3.43. The highest BCUT2D eigenvalue weighted by Gasteiger charge is 1.95. The van der Waals surface area contributed by atoms with Crippen LogP contribution in [0.4, 0.5) is 5.82 Å². The lowest BCUT2D eigenvalue weighted by Gasteiger charge is -1.99. The average Bonchev–Trinajstić information content (AvgIpc) is 2.23. The first kappa shape index (κ1) is 11.1. The van der Waals surface area contributed by atoms with E-state index < -0.39 is 0 Å². The lowest BCUT2D eigenvalue weighted by Crippen LogP contribution is -1.93. The largest absolute Gasteiger partial charge is 0.384 e. The van der Waals surface area contributed by atoms with E-state index in [2.05, 4.69) is 15.0 Å². The fraction of sp³-hybridized carbons (Fsp3) is 0.300. The van der Waals surface area contributed by atoms with Gasteiger partial charge in [-0.25, -0.2) is 4.98 Å². The van der Waals surface area contributed by atoms with Crippen molar-refractivity contribution in [2.75, 3.05) is 12.3 Å². The molecule has 0 aliphatic heterocycles. The molecule has 0 bridgehead atoms. The molecule has 0 fully saturated rings. The van der Waals surface area contributed by atoms with Crippen LogP contribution in [-0.4, -0.2) is 11.5 Å². The van der Waals surface area contributed by atoms with Crippen LogP contribution in [0.2, 0.25) is 0 Å². The smallest absolute Gasteiger partial charge is 0.124 e. The van der Waals surface area contributed by atoms with E-state index in [9.17, 15) is 0 Å². The standard InChI is InChI=1S/C10H13N5/c1-8-5-6-10(11)14-9(8)4-2-3-7-13-15-12/h2,4-6H,3,7H2,1H3,(H2,11,14). The third-order valence-corrected chi connectivity index (χ3v) is 1.89. The summed E-state index contributed by atoms with van der Waals surface area (Å²) in [5.41, 5.74) is 15.6. The molecule has 0 radical (unpaired) electrons. The van der Waals surface area contributed by atoms with Crippen LogP contribution in [0.3, 0.4) is 0 Å². The molecule has 78 valence electrons. The molecule has 0 saturated heterocycles. The van der Waals surface area contributed by atoms with E-state index in [0.717, 1.165) is 11.3 Å². The first-order valence-electron chi connectivity index (χ1n) is 4.64. The summed E-state index contributed by atoms with van der Waals surface area (Å²) in [6.45, 7) is 2.44. The summed E-state index contributed by atoms with van der Waals surface area (Å²) in [6.07, 6.45) is 4.52. The second kappa shape index (κ2) is 5.67. The normalized spacial score (nSPS) is 10.2. The summed E-state index contributed by atoms with van der Waals surface area (Å²) < 4.78 is 0. The topological polar surface area (TPSA) is 87.7 Å². The highest BCUT2D eigenvalue weighted by Crippen LogP contribution is 2.09. The van der Waals surface area contributed by atoms with E-state index in [1.807, 2.05) is 25.1 Å². The minimum absolute atomic E-state index is 0.467. The van der Waals surface area contributed by atoms with Gasteiger partial charge in [-0.3, -0.25) is 0 Å². The van der Waals surface area contributed by atoms with Crippen molar-refractivity contribution in [2.24, 2.45) is 5.11 Å². The van der Waals surface area contributed by atoms with Crippen molar-refractivity contribution in [1.82, 2.24) is 4.98 Å². The number of nitrogens with two attached hydrogens (primary N) is 1. The Bertz CT molecular complexity index is 404. The van der Waals surface area contributed by atoms with Gasteiger partial charge in [-0.05, 0) is 36.6 Å². The van der Waals surface area contributed by atoms with Crippen molar-refractivity contribution in [3.8, 4) is 0 Å². The predicted molar refractivity (Wildman–Crippen MR) is 61.1 cm³/mol. The van der Waals surface area contributed by atoms with Crippen molar-refractivity contribution in [3.63, 3.8) is 0 Å². The van der Waals surface area contributed by atoms with Gasteiger partial charge in [0.05, 0.1) is 5.69 Å². The molecule has 0 aromatic carbocycles. The zero-order valence-corrected chi connectivity index (χ0v) is 8.59. The highest BCUT2D eigenvalue weighted by atomic mass is 15.1. The fourth-order valence-electron chi connectivity index (χ4n) is 1.10. The highest BCUT2D eigenvalue weighted by molar-refractivity contribution is 5.51. The van der Waals surface area contributed by atoms with Crippen LogP contribution in [0, 0.1) is 6.92 Å². The molecule has 0 aliphatic rings. The van der Waals surface area contributed by atoms with Gasteiger partial charge in [0.15, 0.2) is 0 Å². The van der Waals surface area contributed by atoms with Gasteiger partial charge in [0, 0.05) is 11.5 Å². The summed E-state index contributed by atoms with van der Waals surface area (Å²) >= 11 is 0. The van der Waals surface area contributed by atoms with Crippen molar-refractivity contribution in [1.29, 1.82) is 0 Å². The Balaban J connectivity index is 2.63. The van der Waals surface area contributed by atoms with Gasteiger partial charge in [-0.15, -0.1) is 0 Å². The van der Waals surface area contributed by atoms with Crippen molar-refractivity contribution in [3.05, 3.63) is 39.9 Å². The number of aromatic nitrogens is 1. The molecule has 15 heavy (non-hydrogen) atoms. The molecule has 1 aromatic rings. The van der Waals surface area contributed by atoms with Crippen molar-refractivity contribution >= 4 is 11.9 Å². The molecule has 1 rings (SSSR count). The van der Waals surface area contributed by atoms with Crippen LogP contribution in [0.5, 0.6) is 0 Å². The molecule has 5 heteroatoms. The first-order valence-corrected chi connectivity index (χ1v) is 4.64. The molecule has 1 aromatic heterocycles. The van der Waals surface area contributed by atoms with Gasteiger partial charge < -0.3 is 5.73 Å². The second-order valence-corrected chi connectivity index (χ2v) is 3.08. The van der Waals surface area contributed by atoms with Gasteiger partial charge in [-0.1, -0.05) is 17.3 Å². The van der Waals surface area contributed by atoms with E-state index in [1.54, 1.807) is 6.07 Å². The Kier molecular flexibility index (Phi) is 4.19. The lowest BCUT2D eigenvalue weighted by atomic mass is 10.2. The average molecular weight is 203 g/mol. The second-order valence-electron chi connectivity index (χ2n) is 3.08. The molecule has 2 N–H and O–H groups in total. The molecule has 0 spiro atoms. The summed E-state index contributed by atoms with van der Waals surface area (Å²) in [7, 11) is 0. The first-order chi connectivity index (χ1) is 7.24. The maximum Gasteiger partial charge on any atom is 0.124 e. The van der Waals surface area contributed by atoms with E-state index in [-0.39, 0.29) is 0 Å². The maximum atomic E-state index is 8.07. The number of hydrogen-bond acceptors (Lipinski definition) is 3. The van der Waals surface area contributed by atoms with Crippen molar-refractivity contribution in [2.45, 2.75) is 13.3 Å². The number of hydrogen-bond donors (Lipinski definition) is 1. The monoisotopic (exact) mass is 203 g/mol. The minimum Gasteiger partial charge on any atom is -0.384 e. The van der Waals surface area contributed by atoms with E-state index >= 15 is 0 Å². The van der Waals surface area contributed by atoms with Gasteiger partial charge in [0.2, 0.25) is 0 Å². The number of pyridine rings is 1. The number of nitrogens with zero attached hydrogens (tertiary/aromatic N) is 4. The van der Waals surface area contributed by atoms with E-state index in [1.165, 1.54) is 0 Å². The predicted octanol–water partition coefficient (Wildman–Crippen LogP) is 2.69. The van der Waals surface area contributed by atoms with E-state index in [0.29, 0.717) is 18.8 Å². The molecule has 0 saturated carbocycles. The van der Waals surface area contributed by atoms with Crippen LogP contribution in [0.15, 0.2) is 23.3 Å². The van der Waals surface area contributed by atoms with Crippen LogP contribution >= 0.6 is 0 Å². The zero-order valence-electron chi connectivity index (χ0n) is 8.59. The lowest BCUT2D eigenvalue weighted by molar-refractivity contribution is 0.995. The summed E-state index contributed by atoms with van der Waals surface area (Å²) in [4.78, 5) is 6.85. The Morgan fingerprint density at radius 2 is 2.40 bits per heavy atom. The minimum atomic E-state index is 0.467. The SMILES string of the molecule is Cc1ccc(N)nc1C=CCCN=[N+]=[N-]. The van der Waals surface area contributed by atoms with Crippen LogP contribution in [-0.2, 0) is 0 Å². The molecule has 0 unspecified atom stereocenters. The van der Waals surface area contributed by atoms with Gasteiger partial charge in [0.25, 0.3) is 0 Å². The third kappa shape index (κ3) is 3.70. The fourth-order valence-corrected chi connectivity index (χ4v) is 1.10. The Labute approximate surface area is 88.3 Å². The van der Waals surface area contributed by atoms with Crippen LogP contribution in [0.25, 0.3) is 16.5 Å². The van der Waals surface area contributed by atoms with Gasteiger partial charge in [-0.2, -0.15) is 0 Å². The number of anilines is 1. The maximum absolute atomic E-state index is 8.07. The molecule has 0 aliphatic carbocycles. The molecular weight excluding hydrogens is 190 g/mol. The molecule has 0 amide bonds. The Morgan fingerprint density at radius 1 is 1.60 bits per heavy atom. The van der Waals surface area contributed by atoms with Crippen LogP contribution in [0.1, 0.15) is 17.7 Å². The van der Waals surface area contributed by atoms with Gasteiger partial charge >= 0.3 is 0 Å². The molecule has 0 atom stereocenters. The quantitative estimate of drug-likeness (QED) is 0.353. The number of azide groups is 1. The zero-order chi connectivity index (χ0) is 11.1. The molecule has 1 heterocycles. The Hall–Kier alpha value is -2.00. The van der Waals surface area contributed by atoms with E-state index in [4.69, 9.17) is 11.3 Å². The number of rotatable bonds is 4. The van der Waals surface area contributed by atoms with Crippen LogP contribution < -0.4 is 5.73 Å².